The zero-order valence-corrected chi connectivity index (χ0v) is 18.1. The molecule has 3 fully saturated rings. The first-order chi connectivity index (χ1) is 13.4. The number of rotatable bonds is 8. The standard InChI is InChI=1S/C19H35N5O3S/c1-23(2)16-11-17(21-12-20-16)24(3)8-9-27-14-6-4-13(5-7-14)10-15-18(25)22-19(26)28-15/h13-17,20-21H,4-12H2,1-3H3,(H,22,25,26). The average Bonchev–Trinajstić information content (AvgIpc) is 3.00. The monoisotopic (exact) mass is 413 g/mol. The van der Waals surface area contributed by atoms with Crippen molar-refractivity contribution >= 4 is 22.9 Å². The predicted octanol–water partition coefficient (Wildman–Crippen LogP) is 0.990. The van der Waals surface area contributed by atoms with Crippen LogP contribution >= 0.6 is 11.8 Å². The molecule has 0 aromatic rings. The number of nitrogens with one attached hydrogen (secondary N) is 3. The summed E-state index contributed by atoms with van der Waals surface area (Å²) in [6.45, 7) is 2.49. The number of hydrogen-bond donors (Lipinski definition) is 3. The van der Waals surface area contributed by atoms with Crippen LogP contribution < -0.4 is 16.0 Å². The smallest absolute Gasteiger partial charge is 0.286 e. The maximum atomic E-state index is 11.7. The summed E-state index contributed by atoms with van der Waals surface area (Å²) in [4.78, 5) is 27.6. The summed E-state index contributed by atoms with van der Waals surface area (Å²) in [5.74, 6) is 0.415. The Labute approximate surface area is 172 Å². The maximum absolute atomic E-state index is 11.7. The van der Waals surface area contributed by atoms with Gasteiger partial charge in [0.2, 0.25) is 5.91 Å². The number of ether oxygens (including phenoxy) is 1. The van der Waals surface area contributed by atoms with E-state index in [2.05, 4.69) is 46.9 Å². The highest BCUT2D eigenvalue weighted by molar-refractivity contribution is 8.15. The van der Waals surface area contributed by atoms with Gasteiger partial charge < -0.3 is 4.74 Å². The normalized spacial score (nSPS) is 34.2. The first kappa shape index (κ1) is 22.0. The van der Waals surface area contributed by atoms with Gasteiger partial charge in [-0.1, -0.05) is 11.8 Å². The Morgan fingerprint density at radius 1 is 1.07 bits per heavy atom. The van der Waals surface area contributed by atoms with Gasteiger partial charge in [0.05, 0.1) is 30.3 Å². The topological polar surface area (TPSA) is 85.9 Å². The fraction of sp³-hybridized carbons (Fsp3) is 0.895. The Bertz CT molecular complexity index is 542. The fourth-order valence-electron chi connectivity index (χ4n) is 4.31. The highest BCUT2D eigenvalue weighted by Crippen LogP contribution is 2.34. The number of hydrogen-bond acceptors (Lipinski definition) is 8. The van der Waals surface area contributed by atoms with E-state index in [4.69, 9.17) is 4.74 Å². The maximum Gasteiger partial charge on any atom is 0.286 e. The lowest BCUT2D eigenvalue weighted by molar-refractivity contribution is -0.119. The number of thioether (sulfide) groups is 1. The van der Waals surface area contributed by atoms with Crippen LogP contribution in [-0.2, 0) is 9.53 Å². The molecule has 28 heavy (non-hydrogen) atoms. The lowest BCUT2D eigenvalue weighted by atomic mass is 9.84. The van der Waals surface area contributed by atoms with Gasteiger partial charge in [0.1, 0.15) is 0 Å². The highest BCUT2D eigenvalue weighted by Gasteiger charge is 2.34. The Hall–Kier alpha value is -0.710. The molecule has 2 aliphatic heterocycles. The minimum atomic E-state index is -0.198. The molecule has 2 amide bonds. The molecule has 3 atom stereocenters. The minimum absolute atomic E-state index is 0.112. The van der Waals surface area contributed by atoms with Crippen LogP contribution in [0, 0.1) is 5.92 Å². The number of amides is 2. The lowest BCUT2D eigenvalue weighted by Crippen LogP contribution is -2.60. The van der Waals surface area contributed by atoms with Crippen molar-refractivity contribution in [2.75, 3.05) is 41.0 Å². The van der Waals surface area contributed by atoms with Crippen molar-refractivity contribution in [3.63, 3.8) is 0 Å². The van der Waals surface area contributed by atoms with Crippen molar-refractivity contribution in [1.29, 1.82) is 0 Å². The van der Waals surface area contributed by atoms with Gasteiger partial charge in [-0.3, -0.25) is 35.3 Å². The second-order valence-corrected chi connectivity index (χ2v) is 9.60. The molecular weight excluding hydrogens is 378 g/mol. The van der Waals surface area contributed by atoms with E-state index in [1.165, 1.54) is 0 Å². The van der Waals surface area contributed by atoms with Crippen molar-refractivity contribution < 1.29 is 14.3 Å². The van der Waals surface area contributed by atoms with E-state index < -0.39 is 0 Å². The molecule has 2 heterocycles. The Morgan fingerprint density at radius 3 is 2.43 bits per heavy atom. The number of carbonyl (C=O) groups excluding carboxylic acids is 2. The zero-order chi connectivity index (χ0) is 20.1. The van der Waals surface area contributed by atoms with Crippen LogP contribution in [0.2, 0.25) is 0 Å². The van der Waals surface area contributed by atoms with E-state index in [1.54, 1.807) is 0 Å². The van der Waals surface area contributed by atoms with Gasteiger partial charge in [0.25, 0.3) is 5.24 Å². The summed E-state index contributed by atoms with van der Waals surface area (Å²) >= 11 is 1.15. The Kier molecular flexibility index (Phi) is 8.13. The summed E-state index contributed by atoms with van der Waals surface area (Å²) < 4.78 is 6.14. The van der Waals surface area contributed by atoms with Crippen molar-refractivity contribution in [1.82, 2.24) is 25.8 Å². The van der Waals surface area contributed by atoms with Gasteiger partial charge >= 0.3 is 0 Å². The third-order valence-corrected chi connectivity index (χ3v) is 7.19. The molecule has 0 radical (unpaired) electrons. The van der Waals surface area contributed by atoms with Crippen LogP contribution in [0.25, 0.3) is 0 Å². The molecule has 3 rings (SSSR count). The molecule has 8 nitrogen and oxygen atoms in total. The molecule has 0 aromatic carbocycles. The summed E-state index contributed by atoms with van der Waals surface area (Å²) in [5, 5.41) is 8.97. The minimum Gasteiger partial charge on any atom is -0.377 e. The molecule has 2 saturated heterocycles. The Morgan fingerprint density at radius 2 is 1.79 bits per heavy atom. The molecule has 9 heteroatoms. The molecule has 160 valence electrons. The van der Waals surface area contributed by atoms with Gasteiger partial charge in [-0.05, 0) is 59.2 Å². The van der Waals surface area contributed by atoms with Crippen LogP contribution in [0.3, 0.4) is 0 Å². The molecule has 3 aliphatic rings. The third-order valence-electron chi connectivity index (χ3n) is 6.18. The van der Waals surface area contributed by atoms with Gasteiger partial charge in [-0.25, -0.2) is 0 Å². The van der Waals surface area contributed by atoms with Crippen LogP contribution in [0.1, 0.15) is 38.5 Å². The van der Waals surface area contributed by atoms with Crippen LogP contribution in [0.5, 0.6) is 0 Å². The van der Waals surface area contributed by atoms with Crippen molar-refractivity contribution in [3.8, 4) is 0 Å². The highest BCUT2D eigenvalue weighted by atomic mass is 32.2. The Balaban J connectivity index is 1.30. The van der Waals surface area contributed by atoms with E-state index >= 15 is 0 Å². The number of carbonyl (C=O) groups is 2. The van der Waals surface area contributed by atoms with E-state index in [9.17, 15) is 9.59 Å². The van der Waals surface area contributed by atoms with E-state index in [0.717, 1.165) is 70.1 Å². The molecule has 1 saturated carbocycles. The van der Waals surface area contributed by atoms with Gasteiger partial charge in [0, 0.05) is 19.6 Å². The first-order valence-corrected chi connectivity index (χ1v) is 11.3. The molecular formula is C19H35N5O3S. The van der Waals surface area contributed by atoms with Crippen molar-refractivity contribution in [3.05, 3.63) is 0 Å². The lowest BCUT2D eigenvalue weighted by Gasteiger charge is -2.39. The number of imide groups is 1. The summed E-state index contributed by atoms with van der Waals surface area (Å²) in [6.07, 6.45) is 7.22. The van der Waals surface area contributed by atoms with Crippen molar-refractivity contribution in [2.45, 2.75) is 62.2 Å². The van der Waals surface area contributed by atoms with E-state index in [0.29, 0.717) is 24.4 Å². The van der Waals surface area contributed by atoms with Crippen LogP contribution in [0.15, 0.2) is 0 Å². The summed E-state index contributed by atoms with van der Waals surface area (Å²) in [5.41, 5.74) is 0. The van der Waals surface area contributed by atoms with Gasteiger partial charge in [-0.15, -0.1) is 0 Å². The molecule has 0 spiro atoms. The quantitative estimate of drug-likeness (QED) is 0.543. The zero-order valence-electron chi connectivity index (χ0n) is 17.3. The number of likely N-dealkylation sites (N-methyl/N-ethyl adjacent to an activating group) is 1. The largest absolute Gasteiger partial charge is 0.377 e. The fourth-order valence-corrected chi connectivity index (χ4v) is 5.26. The predicted molar refractivity (Wildman–Crippen MR) is 111 cm³/mol. The SMILES string of the molecule is CN(C)C1CC(N(C)CCOC2CCC(CC3SC(=O)NC3=O)CC2)NCN1. The third kappa shape index (κ3) is 6.14. The summed E-state index contributed by atoms with van der Waals surface area (Å²) in [6, 6.07) is 0. The first-order valence-electron chi connectivity index (χ1n) is 10.4. The van der Waals surface area contributed by atoms with E-state index in [1.807, 2.05) is 0 Å². The van der Waals surface area contributed by atoms with Crippen LogP contribution in [-0.4, -0.2) is 85.6 Å². The number of nitrogens with zero attached hydrogens (tertiary/aromatic N) is 2. The molecule has 0 aromatic heterocycles. The molecule has 1 aliphatic carbocycles. The second kappa shape index (κ2) is 10.4. The van der Waals surface area contributed by atoms with Gasteiger partial charge in [0.15, 0.2) is 0 Å². The average molecular weight is 414 g/mol. The molecule has 3 unspecified atom stereocenters. The molecule has 0 bridgehead atoms. The van der Waals surface area contributed by atoms with Crippen LogP contribution in [0.4, 0.5) is 4.79 Å². The second-order valence-electron chi connectivity index (χ2n) is 8.43. The molecule has 3 N–H and O–H groups in total. The van der Waals surface area contributed by atoms with Crippen molar-refractivity contribution in [2.24, 2.45) is 5.92 Å². The summed E-state index contributed by atoms with van der Waals surface area (Å²) in [7, 11) is 6.37. The van der Waals surface area contributed by atoms with E-state index in [-0.39, 0.29) is 16.4 Å². The van der Waals surface area contributed by atoms with Gasteiger partial charge in [-0.2, -0.15) is 0 Å².